The Balaban J connectivity index is 2.33. The number of nitrogens with two attached hydrogens (primary N) is 1. The smallest absolute Gasteiger partial charge is 0.195 e. The molecule has 0 aliphatic heterocycles. The summed E-state index contributed by atoms with van der Waals surface area (Å²) in [6.07, 6.45) is 0. The van der Waals surface area contributed by atoms with Gasteiger partial charge in [-0.15, -0.1) is 11.3 Å². The summed E-state index contributed by atoms with van der Waals surface area (Å²) in [6, 6.07) is 10.4. The molecule has 0 amide bonds. The van der Waals surface area contributed by atoms with Crippen LogP contribution in [-0.2, 0) is 9.84 Å². The third kappa shape index (κ3) is 3.03. The zero-order chi connectivity index (χ0) is 14.6. The van der Waals surface area contributed by atoms with Crippen LogP contribution in [0.25, 0.3) is 0 Å². The fraction of sp³-hybridized carbons (Fsp3) is 0.286. The summed E-state index contributed by atoms with van der Waals surface area (Å²) < 4.78 is 30.8. The van der Waals surface area contributed by atoms with Gasteiger partial charge in [-0.25, -0.2) is 8.42 Å². The molecule has 0 aliphatic rings. The van der Waals surface area contributed by atoms with E-state index < -0.39 is 15.1 Å². The van der Waals surface area contributed by atoms with Crippen LogP contribution in [0.2, 0.25) is 0 Å². The first-order chi connectivity index (χ1) is 9.59. The van der Waals surface area contributed by atoms with Crippen LogP contribution in [0.3, 0.4) is 0 Å². The van der Waals surface area contributed by atoms with Crippen LogP contribution >= 0.6 is 11.3 Å². The van der Waals surface area contributed by atoms with E-state index >= 15 is 0 Å². The minimum atomic E-state index is -3.43. The number of sulfone groups is 1. The van der Waals surface area contributed by atoms with Crippen LogP contribution in [0.15, 0.2) is 46.0 Å². The summed E-state index contributed by atoms with van der Waals surface area (Å²) in [5.74, 6) is 0.723. The summed E-state index contributed by atoms with van der Waals surface area (Å²) in [5, 5.41) is 1.02. The highest BCUT2D eigenvalue weighted by Crippen LogP contribution is 2.31. The first-order valence-electron chi connectivity index (χ1n) is 6.29. The van der Waals surface area contributed by atoms with Crippen molar-refractivity contribution in [2.45, 2.75) is 16.4 Å². The second-order valence-electron chi connectivity index (χ2n) is 4.20. The Kier molecular flexibility index (Phi) is 4.80. The van der Waals surface area contributed by atoms with Crippen LogP contribution < -0.4 is 10.5 Å². The average Bonchev–Trinajstić information content (AvgIpc) is 2.96. The highest BCUT2D eigenvalue weighted by Gasteiger charge is 2.28. The molecule has 20 heavy (non-hydrogen) atoms. The molecule has 0 bridgehead atoms. The van der Waals surface area contributed by atoms with Crippen molar-refractivity contribution >= 4 is 21.2 Å². The van der Waals surface area contributed by atoms with E-state index in [1.165, 1.54) is 11.3 Å². The molecule has 4 nitrogen and oxygen atoms in total. The van der Waals surface area contributed by atoms with Crippen molar-refractivity contribution in [2.75, 3.05) is 13.2 Å². The summed E-state index contributed by atoms with van der Waals surface area (Å²) in [6.45, 7) is 2.53. The Morgan fingerprint density at radius 3 is 2.45 bits per heavy atom. The fourth-order valence-electron chi connectivity index (χ4n) is 1.95. The molecule has 6 heteroatoms. The van der Waals surface area contributed by atoms with E-state index in [-0.39, 0.29) is 6.54 Å². The summed E-state index contributed by atoms with van der Waals surface area (Å²) in [4.78, 5) is 0. The van der Waals surface area contributed by atoms with Gasteiger partial charge in [0.2, 0.25) is 0 Å². The monoisotopic (exact) mass is 311 g/mol. The van der Waals surface area contributed by atoms with Gasteiger partial charge in [0.05, 0.1) is 6.61 Å². The molecule has 1 aromatic heterocycles. The first-order valence-corrected chi connectivity index (χ1v) is 8.72. The van der Waals surface area contributed by atoms with Crippen LogP contribution in [0.1, 0.15) is 17.7 Å². The van der Waals surface area contributed by atoms with E-state index in [0.29, 0.717) is 16.4 Å². The van der Waals surface area contributed by atoms with E-state index in [2.05, 4.69) is 0 Å². The summed E-state index contributed by atoms with van der Waals surface area (Å²) in [5.41, 5.74) is 6.37. The molecule has 0 saturated carbocycles. The van der Waals surface area contributed by atoms with Gasteiger partial charge in [0.25, 0.3) is 0 Å². The van der Waals surface area contributed by atoms with Crippen LogP contribution in [0.5, 0.6) is 5.75 Å². The second kappa shape index (κ2) is 6.39. The van der Waals surface area contributed by atoms with Crippen molar-refractivity contribution in [3.8, 4) is 5.75 Å². The fourth-order valence-corrected chi connectivity index (χ4v) is 4.77. The Hall–Kier alpha value is -1.37. The maximum atomic E-state index is 12.5. The molecule has 1 atom stereocenters. The van der Waals surface area contributed by atoms with Gasteiger partial charge in [0, 0.05) is 6.54 Å². The first kappa shape index (κ1) is 15.0. The van der Waals surface area contributed by atoms with Crippen molar-refractivity contribution in [3.05, 3.63) is 47.3 Å². The lowest BCUT2D eigenvalue weighted by atomic mass is 10.1. The van der Waals surface area contributed by atoms with Gasteiger partial charge in [-0.2, -0.15) is 0 Å². The standard InChI is InChI=1S/C14H17NO3S2/c1-2-18-12-7-5-11(6-8-12)13(10-15)20(16,17)14-4-3-9-19-14/h3-9,13H,2,10,15H2,1H3. The van der Waals surface area contributed by atoms with Crippen LogP contribution in [-0.4, -0.2) is 21.6 Å². The molecular formula is C14H17NO3S2. The molecule has 2 rings (SSSR count). The van der Waals surface area contributed by atoms with E-state index in [0.717, 1.165) is 5.75 Å². The molecule has 0 radical (unpaired) electrons. The van der Waals surface area contributed by atoms with Gasteiger partial charge in [0.15, 0.2) is 9.84 Å². The lowest BCUT2D eigenvalue weighted by molar-refractivity contribution is 0.340. The van der Waals surface area contributed by atoms with Crippen LogP contribution in [0, 0.1) is 0 Å². The van der Waals surface area contributed by atoms with Crippen molar-refractivity contribution in [1.29, 1.82) is 0 Å². The predicted octanol–water partition coefficient (Wildman–Crippen LogP) is 2.62. The highest BCUT2D eigenvalue weighted by molar-refractivity contribution is 7.93. The number of hydrogen-bond donors (Lipinski definition) is 1. The maximum absolute atomic E-state index is 12.5. The number of rotatable bonds is 6. The molecule has 108 valence electrons. The van der Waals surface area contributed by atoms with Crippen molar-refractivity contribution in [1.82, 2.24) is 0 Å². The molecule has 2 aromatic rings. The van der Waals surface area contributed by atoms with Gasteiger partial charge >= 0.3 is 0 Å². The maximum Gasteiger partial charge on any atom is 0.195 e. The third-order valence-electron chi connectivity index (χ3n) is 2.93. The van der Waals surface area contributed by atoms with E-state index in [1.54, 1.807) is 41.8 Å². The quantitative estimate of drug-likeness (QED) is 0.890. The Morgan fingerprint density at radius 2 is 1.95 bits per heavy atom. The lowest BCUT2D eigenvalue weighted by Gasteiger charge is -2.15. The zero-order valence-electron chi connectivity index (χ0n) is 11.2. The number of hydrogen-bond acceptors (Lipinski definition) is 5. The van der Waals surface area contributed by atoms with Crippen LogP contribution in [0.4, 0.5) is 0 Å². The molecule has 0 fully saturated rings. The third-order valence-corrected chi connectivity index (χ3v) is 6.48. The number of thiophene rings is 1. The Bertz CT molecular complexity index is 634. The minimum Gasteiger partial charge on any atom is -0.494 e. The van der Waals surface area contributed by atoms with Crippen molar-refractivity contribution < 1.29 is 13.2 Å². The van der Waals surface area contributed by atoms with Gasteiger partial charge in [-0.1, -0.05) is 18.2 Å². The molecule has 0 aliphatic carbocycles. The molecule has 1 aromatic carbocycles. The van der Waals surface area contributed by atoms with Crippen molar-refractivity contribution in [2.24, 2.45) is 5.73 Å². The van der Waals surface area contributed by atoms with E-state index in [1.807, 2.05) is 6.92 Å². The molecular weight excluding hydrogens is 294 g/mol. The molecule has 0 saturated heterocycles. The second-order valence-corrected chi connectivity index (χ2v) is 7.51. The normalized spacial score (nSPS) is 13.1. The molecule has 0 spiro atoms. The van der Waals surface area contributed by atoms with Gasteiger partial charge in [-0.05, 0) is 36.1 Å². The van der Waals surface area contributed by atoms with Gasteiger partial charge in [0.1, 0.15) is 15.2 Å². The lowest BCUT2D eigenvalue weighted by Crippen LogP contribution is -2.21. The SMILES string of the molecule is CCOc1ccc(C(CN)S(=O)(=O)c2cccs2)cc1. The van der Waals surface area contributed by atoms with E-state index in [4.69, 9.17) is 10.5 Å². The molecule has 1 heterocycles. The zero-order valence-corrected chi connectivity index (χ0v) is 12.8. The largest absolute Gasteiger partial charge is 0.494 e. The molecule has 2 N–H and O–H groups in total. The minimum absolute atomic E-state index is 0.0498. The Morgan fingerprint density at radius 1 is 1.25 bits per heavy atom. The molecule has 1 unspecified atom stereocenters. The average molecular weight is 311 g/mol. The van der Waals surface area contributed by atoms with Crippen molar-refractivity contribution in [3.63, 3.8) is 0 Å². The topological polar surface area (TPSA) is 69.4 Å². The Labute approximate surface area is 123 Å². The predicted molar refractivity (Wildman–Crippen MR) is 80.9 cm³/mol. The summed E-state index contributed by atoms with van der Waals surface area (Å²) in [7, 11) is -3.43. The van der Waals surface area contributed by atoms with Gasteiger partial charge < -0.3 is 10.5 Å². The van der Waals surface area contributed by atoms with Gasteiger partial charge in [-0.3, -0.25) is 0 Å². The number of ether oxygens (including phenoxy) is 1. The number of benzene rings is 1. The van der Waals surface area contributed by atoms with E-state index in [9.17, 15) is 8.42 Å². The highest BCUT2D eigenvalue weighted by atomic mass is 32.2. The summed E-state index contributed by atoms with van der Waals surface area (Å²) >= 11 is 1.21.